The Morgan fingerprint density at radius 2 is 1.81 bits per heavy atom. The maximum absolute atomic E-state index is 12.4. The molecule has 0 saturated carbocycles. The SMILES string of the molecule is CCc1cnc(N2CCC(c3nc(COc4ccc(SC(F)(F)F)cc4)cs3)CC2)nc1. The van der Waals surface area contributed by atoms with E-state index in [4.69, 9.17) is 9.72 Å². The van der Waals surface area contributed by atoms with E-state index in [0.29, 0.717) is 18.3 Å². The number of piperidine rings is 1. The van der Waals surface area contributed by atoms with E-state index in [9.17, 15) is 13.2 Å². The van der Waals surface area contributed by atoms with Crippen LogP contribution >= 0.6 is 23.1 Å². The molecule has 0 aliphatic carbocycles. The number of nitrogens with zero attached hydrogens (tertiary/aromatic N) is 4. The lowest BCUT2D eigenvalue weighted by molar-refractivity contribution is -0.0328. The van der Waals surface area contributed by atoms with E-state index in [1.165, 1.54) is 12.1 Å². The van der Waals surface area contributed by atoms with Crippen molar-refractivity contribution in [2.75, 3.05) is 18.0 Å². The highest BCUT2D eigenvalue weighted by molar-refractivity contribution is 8.00. The van der Waals surface area contributed by atoms with E-state index in [0.717, 1.165) is 54.6 Å². The average molecular weight is 481 g/mol. The summed E-state index contributed by atoms with van der Waals surface area (Å²) in [5, 5.41) is 3.09. The first-order valence-corrected chi connectivity index (χ1v) is 12.1. The number of hydrogen-bond donors (Lipinski definition) is 0. The van der Waals surface area contributed by atoms with Gasteiger partial charge in [-0.05, 0) is 60.9 Å². The zero-order valence-corrected chi connectivity index (χ0v) is 19.1. The van der Waals surface area contributed by atoms with Crippen molar-refractivity contribution in [3.8, 4) is 5.75 Å². The lowest BCUT2D eigenvalue weighted by Crippen LogP contribution is -2.34. The van der Waals surface area contributed by atoms with Crippen LogP contribution < -0.4 is 9.64 Å². The van der Waals surface area contributed by atoms with Gasteiger partial charge >= 0.3 is 5.51 Å². The van der Waals surface area contributed by atoms with Crippen LogP contribution in [0.5, 0.6) is 5.75 Å². The summed E-state index contributed by atoms with van der Waals surface area (Å²) in [5.41, 5.74) is -2.32. The minimum absolute atomic E-state index is 0.134. The molecule has 10 heteroatoms. The molecule has 1 saturated heterocycles. The minimum Gasteiger partial charge on any atom is -0.487 e. The maximum atomic E-state index is 12.4. The number of rotatable bonds is 7. The van der Waals surface area contributed by atoms with Crippen LogP contribution in [0.4, 0.5) is 19.1 Å². The quantitative estimate of drug-likeness (QED) is 0.383. The number of ether oxygens (including phenoxy) is 1. The number of aryl methyl sites for hydroxylation is 1. The number of thiazole rings is 1. The summed E-state index contributed by atoms with van der Waals surface area (Å²) in [6.45, 7) is 4.16. The molecule has 0 spiro atoms. The predicted octanol–water partition coefficient (Wildman–Crippen LogP) is 6.07. The maximum Gasteiger partial charge on any atom is 0.446 e. The Kier molecular flexibility index (Phi) is 7.20. The van der Waals surface area contributed by atoms with Crippen molar-refractivity contribution >= 4 is 29.0 Å². The topological polar surface area (TPSA) is 51.1 Å². The third-order valence-corrected chi connectivity index (χ3v) is 7.04. The highest BCUT2D eigenvalue weighted by Crippen LogP contribution is 2.37. The molecule has 0 N–H and O–H groups in total. The molecular formula is C22H23F3N4OS2. The fourth-order valence-corrected chi connectivity index (χ4v) is 5.01. The lowest BCUT2D eigenvalue weighted by atomic mass is 9.98. The zero-order chi connectivity index (χ0) is 22.6. The van der Waals surface area contributed by atoms with Crippen LogP contribution in [0.15, 0.2) is 46.9 Å². The van der Waals surface area contributed by atoms with Gasteiger partial charge in [0.1, 0.15) is 12.4 Å². The average Bonchev–Trinajstić information content (AvgIpc) is 3.27. The van der Waals surface area contributed by atoms with Gasteiger partial charge in [-0.15, -0.1) is 11.3 Å². The van der Waals surface area contributed by atoms with Gasteiger partial charge in [-0.3, -0.25) is 0 Å². The van der Waals surface area contributed by atoms with Gasteiger partial charge < -0.3 is 9.64 Å². The van der Waals surface area contributed by atoms with E-state index in [-0.39, 0.29) is 16.7 Å². The van der Waals surface area contributed by atoms with Gasteiger partial charge in [0.2, 0.25) is 5.95 Å². The van der Waals surface area contributed by atoms with Crippen molar-refractivity contribution in [2.24, 2.45) is 0 Å². The Hall–Kier alpha value is -2.33. The molecule has 3 aromatic rings. The Morgan fingerprint density at radius 1 is 1.12 bits per heavy atom. The number of thioether (sulfide) groups is 1. The summed E-state index contributed by atoms with van der Waals surface area (Å²) in [6, 6.07) is 5.92. The summed E-state index contributed by atoms with van der Waals surface area (Å²) >= 11 is 1.50. The van der Waals surface area contributed by atoms with Gasteiger partial charge in [0.25, 0.3) is 0 Å². The van der Waals surface area contributed by atoms with Gasteiger partial charge in [0, 0.05) is 41.7 Å². The Morgan fingerprint density at radius 3 is 2.44 bits per heavy atom. The first kappa shape index (κ1) is 22.8. The van der Waals surface area contributed by atoms with Crippen molar-refractivity contribution < 1.29 is 17.9 Å². The van der Waals surface area contributed by atoms with Gasteiger partial charge in [-0.25, -0.2) is 15.0 Å². The monoisotopic (exact) mass is 480 g/mol. The van der Waals surface area contributed by atoms with E-state index in [1.54, 1.807) is 23.5 Å². The van der Waals surface area contributed by atoms with Crippen LogP contribution in [-0.2, 0) is 13.0 Å². The second-order valence-corrected chi connectivity index (χ2v) is 9.52. The second kappa shape index (κ2) is 10.1. The van der Waals surface area contributed by atoms with Gasteiger partial charge in [-0.1, -0.05) is 6.92 Å². The number of benzene rings is 1. The van der Waals surface area contributed by atoms with E-state index in [2.05, 4.69) is 21.8 Å². The molecule has 32 heavy (non-hydrogen) atoms. The molecule has 170 valence electrons. The first-order chi connectivity index (χ1) is 15.4. The minimum atomic E-state index is -4.29. The molecule has 0 bridgehead atoms. The number of anilines is 1. The van der Waals surface area contributed by atoms with Crippen molar-refractivity contribution in [2.45, 2.75) is 49.1 Å². The molecular weight excluding hydrogens is 457 g/mol. The third kappa shape index (κ3) is 6.13. The third-order valence-electron chi connectivity index (χ3n) is 5.24. The Bertz CT molecular complexity index is 1000. The largest absolute Gasteiger partial charge is 0.487 e. The number of aromatic nitrogens is 3. The zero-order valence-electron chi connectivity index (χ0n) is 17.5. The van der Waals surface area contributed by atoms with Crippen molar-refractivity contribution in [3.05, 3.63) is 58.3 Å². The fraction of sp³-hybridized carbons (Fsp3) is 0.409. The number of halogens is 3. The van der Waals surface area contributed by atoms with Crippen molar-refractivity contribution in [1.82, 2.24) is 15.0 Å². The molecule has 1 aliphatic rings. The Balaban J connectivity index is 1.27. The summed E-state index contributed by atoms with van der Waals surface area (Å²) in [6.07, 6.45) is 6.70. The number of alkyl halides is 3. The summed E-state index contributed by atoms with van der Waals surface area (Å²) in [4.78, 5) is 16.0. The van der Waals surface area contributed by atoms with Gasteiger partial charge in [0.05, 0.1) is 10.7 Å². The van der Waals surface area contributed by atoms with Crippen LogP contribution in [0.2, 0.25) is 0 Å². The lowest BCUT2D eigenvalue weighted by Gasteiger charge is -2.31. The Labute approximate surface area is 193 Å². The van der Waals surface area contributed by atoms with Crippen molar-refractivity contribution in [3.63, 3.8) is 0 Å². The predicted molar refractivity (Wildman–Crippen MR) is 120 cm³/mol. The summed E-state index contributed by atoms with van der Waals surface area (Å²) in [7, 11) is 0. The fourth-order valence-electron chi connectivity index (χ4n) is 3.49. The number of hydrogen-bond acceptors (Lipinski definition) is 7. The second-order valence-electron chi connectivity index (χ2n) is 7.49. The molecule has 3 heterocycles. The first-order valence-electron chi connectivity index (χ1n) is 10.4. The molecule has 0 unspecified atom stereocenters. The van der Waals surface area contributed by atoms with Gasteiger partial charge in [-0.2, -0.15) is 13.2 Å². The molecule has 2 aromatic heterocycles. The van der Waals surface area contributed by atoms with Crippen LogP contribution in [-0.4, -0.2) is 33.5 Å². The smallest absolute Gasteiger partial charge is 0.446 e. The van der Waals surface area contributed by atoms with E-state index < -0.39 is 5.51 Å². The van der Waals surface area contributed by atoms with E-state index >= 15 is 0 Å². The standard InChI is InChI=1S/C22H23F3N4OS2/c1-2-15-11-26-21(27-12-15)29-9-7-16(8-10-29)20-28-17(14-31-20)13-30-18-3-5-19(6-4-18)32-22(23,24)25/h3-6,11-12,14,16H,2,7-10,13H2,1H3. The molecule has 1 aliphatic heterocycles. The molecule has 0 atom stereocenters. The van der Waals surface area contributed by atoms with E-state index in [1.807, 2.05) is 17.8 Å². The molecule has 1 aromatic carbocycles. The van der Waals surface area contributed by atoms with Crippen LogP contribution in [0.25, 0.3) is 0 Å². The van der Waals surface area contributed by atoms with Crippen LogP contribution in [0, 0.1) is 0 Å². The molecule has 1 fully saturated rings. The summed E-state index contributed by atoms with van der Waals surface area (Å²) < 4.78 is 43.0. The normalized spacial score (nSPS) is 15.2. The van der Waals surface area contributed by atoms with Crippen molar-refractivity contribution in [1.29, 1.82) is 0 Å². The van der Waals surface area contributed by atoms with Crippen LogP contribution in [0.1, 0.15) is 41.9 Å². The molecule has 0 amide bonds. The van der Waals surface area contributed by atoms with Crippen LogP contribution in [0.3, 0.4) is 0 Å². The molecule has 4 rings (SSSR count). The highest BCUT2D eigenvalue weighted by Gasteiger charge is 2.29. The highest BCUT2D eigenvalue weighted by atomic mass is 32.2. The molecule has 0 radical (unpaired) electrons. The summed E-state index contributed by atoms with van der Waals surface area (Å²) in [5.74, 6) is 1.71. The van der Waals surface area contributed by atoms with Gasteiger partial charge in [0.15, 0.2) is 0 Å². The molecule has 5 nitrogen and oxygen atoms in total.